The highest BCUT2D eigenvalue weighted by Gasteiger charge is 2.34. The summed E-state index contributed by atoms with van der Waals surface area (Å²) in [6.45, 7) is 0.236. The number of ether oxygens (including phenoxy) is 3. The number of fused-ring (bicyclic) bond motifs is 2. The molecule has 11 heteroatoms. The quantitative estimate of drug-likeness (QED) is 0.323. The molecule has 39 heavy (non-hydrogen) atoms. The molecular formula is C28H21FN4O5S. The fourth-order valence-electron chi connectivity index (χ4n) is 4.65. The summed E-state index contributed by atoms with van der Waals surface area (Å²) in [7, 11) is 4.53. The zero-order valence-corrected chi connectivity index (χ0v) is 21.9. The van der Waals surface area contributed by atoms with Gasteiger partial charge in [0.1, 0.15) is 10.3 Å². The van der Waals surface area contributed by atoms with Crippen LogP contribution in [0.25, 0.3) is 21.9 Å². The van der Waals surface area contributed by atoms with Gasteiger partial charge in [-0.25, -0.2) is 4.39 Å². The Morgan fingerprint density at radius 3 is 2.26 bits per heavy atom. The van der Waals surface area contributed by atoms with E-state index in [0.717, 1.165) is 16.9 Å². The Hall–Kier alpha value is -4.77. The predicted molar refractivity (Wildman–Crippen MR) is 144 cm³/mol. The minimum absolute atomic E-state index is 0.236. The molecule has 0 radical (unpaired) electrons. The molecule has 196 valence electrons. The molecule has 2 aromatic heterocycles. The third kappa shape index (κ3) is 3.98. The lowest BCUT2D eigenvalue weighted by Gasteiger charge is -2.17. The number of aromatic nitrogens is 3. The van der Waals surface area contributed by atoms with Gasteiger partial charge in [0.15, 0.2) is 17.3 Å². The number of methoxy groups -OCH3 is 3. The number of rotatable bonds is 6. The van der Waals surface area contributed by atoms with Crippen molar-refractivity contribution in [2.24, 2.45) is 0 Å². The van der Waals surface area contributed by atoms with Crippen molar-refractivity contribution in [3.63, 3.8) is 0 Å². The zero-order chi connectivity index (χ0) is 27.3. The molecule has 0 atom stereocenters. The van der Waals surface area contributed by atoms with Gasteiger partial charge in [-0.05, 0) is 35.9 Å². The van der Waals surface area contributed by atoms with Gasteiger partial charge in [-0.2, -0.15) is 9.50 Å². The number of carbonyl (C=O) groups excluding carboxylic acids is 1. The van der Waals surface area contributed by atoms with Gasteiger partial charge in [-0.3, -0.25) is 9.59 Å². The second kappa shape index (κ2) is 9.52. The number of nitrogens with zero attached hydrogens (tertiary/aromatic N) is 4. The predicted octanol–water partition coefficient (Wildman–Crippen LogP) is 3.45. The van der Waals surface area contributed by atoms with Gasteiger partial charge in [0.25, 0.3) is 11.5 Å². The summed E-state index contributed by atoms with van der Waals surface area (Å²) in [6, 6.07) is 16.7. The Kier molecular flexibility index (Phi) is 5.99. The monoisotopic (exact) mass is 544 g/mol. The average molecular weight is 545 g/mol. The van der Waals surface area contributed by atoms with Gasteiger partial charge in [0.05, 0.1) is 39.1 Å². The fourth-order valence-corrected chi connectivity index (χ4v) is 5.64. The Bertz CT molecular complexity index is 1840. The molecule has 6 rings (SSSR count). The standard InChI is InChI=1S/C28H21FN4O5S/c1-36-20-12-16(13-21(37-2)23(20)38-3)25-30-28-33(31-25)27(35)24(39-28)22-18-6-4-5-7-19(18)32(26(22)34)14-15-8-10-17(29)11-9-15/h4-13H,14H2,1-3H3. The number of benzene rings is 3. The first-order chi connectivity index (χ1) is 18.9. The summed E-state index contributed by atoms with van der Waals surface area (Å²) >= 11 is 1.10. The van der Waals surface area contributed by atoms with Crippen molar-refractivity contribution in [1.29, 1.82) is 0 Å². The van der Waals surface area contributed by atoms with Gasteiger partial charge in [-0.1, -0.05) is 41.7 Å². The van der Waals surface area contributed by atoms with E-state index in [0.29, 0.717) is 50.4 Å². The van der Waals surface area contributed by atoms with Gasteiger partial charge in [0, 0.05) is 11.1 Å². The number of thiazole rings is 1. The van der Waals surface area contributed by atoms with E-state index in [2.05, 4.69) is 10.1 Å². The Balaban J connectivity index is 1.46. The molecule has 5 aromatic rings. The first-order valence-corrected chi connectivity index (χ1v) is 12.6. The van der Waals surface area contributed by atoms with E-state index in [1.54, 1.807) is 29.2 Å². The molecule has 0 spiro atoms. The third-order valence-corrected chi connectivity index (χ3v) is 7.51. The molecule has 0 unspecified atom stereocenters. The molecule has 1 aliphatic heterocycles. The second-order valence-corrected chi connectivity index (χ2v) is 9.67. The van der Waals surface area contributed by atoms with Crippen LogP contribution in [0.4, 0.5) is 10.1 Å². The summed E-state index contributed by atoms with van der Waals surface area (Å²) in [6.07, 6.45) is 0. The summed E-state index contributed by atoms with van der Waals surface area (Å²) in [5.41, 5.74) is 2.52. The topological polar surface area (TPSA) is 95.3 Å². The minimum Gasteiger partial charge on any atom is -0.493 e. The maximum Gasteiger partial charge on any atom is 0.291 e. The maximum atomic E-state index is 13.7. The van der Waals surface area contributed by atoms with E-state index >= 15 is 0 Å². The first-order valence-electron chi connectivity index (χ1n) is 11.8. The number of hydrogen-bond acceptors (Lipinski definition) is 8. The second-order valence-electron chi connectivity index (χ2n) is 8.69. The number of para-hydroxylation sites is 1. The van der Waals surface area contributed by atoms with Crippen molar-refractivity contribution in [1.82, 2.24) is 14.6 Å². The van der Waals surface area contributed by atoms with Crippen LogP contribution in [-0.4, -0.2) is 41.8 Å². The molecule has 0 N–H and O–H groups in total. The fraction of sp³-hybridized carbons (Fsp3) is 0.143. The Morgan fingerprint density at radius 2 is 1.62 bits per heavy atom. The van der Waals surface area contributed by atoms with Crippen LogP contribution in [0.3, 0.4) is 0 Å². The van der Waals surface area contributed by atoms with Crippen LogP contribution in [-0.2, 0) is 11.3 Å². The largest absolute Gasteiger partial charge is 0.493 e. The molecule has 1 aliphatic rings. The van der Waals surface area contributed by atoms with Crippen molar-refractivity contribution in [3.8, 4) is 28.6 Å². The zero-order valence-electron chi connectivity index (χ0n) is 21.1. The van der Waals surface area contributed by atoms with Crippen LogP contribution in [0.15, 0.2) is 65.5 Å². The maximum absolute atomic E-state index is 13.7. The molecule has 0 bridgehead atoms. The van der Waals surface area contributed by atoms with Gasteiger partial charge in [0.2, 0.25) is 10.7 Å². The van der Waals surface area contributed by atoms with E-state index in [1.165, 1.54) is 38.0 Å². The molecule has 0 saturated heterocycles. The molecule has 9 nitrogen and oxygen atoms in total. The van der Waals surface area contributed by atoms with E-state index < -0.39 is 5.56 Å². The number of hydrogen-bond donors (Lipinski definition) is 0. The molecule has 3 aromatic carbocycles. The highest BCUT2D eigenvalue weighted by molar-refractivity contribution is 7.15. The molecule has 1 amide bonds. The lowest BCUT2D eigenvalue weighted by Crippen LogP contribution is -2.32. The van der Waals surface area contributed by atoms with E-state index in [-0.39, 0.29) is 22.8 Å². The van der Waals surface area contributed by atoms with Gasteiger partial charge >= 0.3 is 0 Å². The average Bonchev–Trinajstić information content (AvgIpc) is 3.59. The molecule has 0 fully saturated rings. The minimum atomic E-state index is -0.442. The molecular weight excluding hydrogens is 523 g/mol. The Morgan fingerprint density at radius 1 is 0.923 bits per heavy atom. The highest BCUT2D eigenvalue weighted by atomic mass is 32.1. The number of carbonyl (C=O) groups is 1. The first kappa shape index (κ1) is 24.6. The van der Waals surface area contributed by atoms with Crippen molar-refractivity contribution in [2.45, 2.75) is 6.54 Å². The number of anilines is 1. The Labute approximate surface area is 225 Å². The summed E-state index contributed by atoms with van der Waals surface area (Å²) in [5, 5.41) is 4.43. The molecule has 0 saturated carbocycles. The molecule has 3 heterocycles. The SMILES string of the molecule is COc1cc(-c2nc3sc(=C4C(=O)N(Cc5ccc(F)cc5)c5ccccc54)c(=O)n3n2)cc(OC)c1OC. The van der Waals surface area contributed by atoms with Crippen LogP contribution in [0.2, 0.25) is 0 Å². The van der Waals surface area contributed by atoms with Gasteiger partial charge in [-0.15, -0.1) is 5.10 Å². The van der Waals surface area contributed by atoms with E-state index in [4.69, 9.17) is 14.2 Å². The van der Waals surface area contributed by atoms with Crippen molar-refractivity contribution < 1.29 is 23.4 Å². The number of halogens is 1. The third-order valence-electron chi connectivity index (χ3n) is 6.48. The summed E-state index contributed by atoms with van der Waals surface area (Å²) in [4.78, 5) is 33.7. The lowest BCUT2D eigenvalue weighted by molar-refractivity contribution is -0.113. The van der Waals surface area contributed by atoms with Crippen LogP contribution in [0.1, 0.15) is 11.1 Å². The van der Waals surface area contributed by atoms with Crippen LogP contribution < -0.4 is 29.2 Å². The smallest absolute Gasteiger partial charge is 0.291 e. The van der Waals surface area contributed by atoms with Crippen LogP contribution >= 0.6 is 11.3 Å². The summed E-state index contributed by atoms with van der Waals surface area (Å²) in [5.74, 6) is 0.917. The normalized spacial score (nSPS) is 14.2. The van der Waals surface area contributed by atoms with Crippen molar-refractivity contribution >= 4 is 33.5 Å². The highest BCUT2D eigenvalue weighted by Crippen LogP contribution is 2.41. The molecule has 0 aliphatic carbocycles. The van der Waals surface area contributed by atoms with E-state index in [9.17, 15) is 14.0 Å². The summed E-state index contributed by atoms with van der Waals surface area (Å²) < 4.78 is 31.1. The lowest BCUT2D eigenvalue weighted by atomic mass is 10.1. The van der Waals surface area contributed by atoms with Gasteiger partial charge < -0.3 is 19.1 Å². The van der Waals surface area contributed by atoms with E-state index in [1.807, 2.05) is 24.3 Å². The van der Waals surface area contributed by atoms with Crippen LogP contribution in [0, 0.1) is 5.82 Å². The van der Waals surface area contributed by atoms with Crippen LogP contribution in [0.5, 0.6) is 17.2 Å². The number of amides is 1. The van der Waals surface area contributed by atoms with Crippen molar-refractivity contribution in [3.05, 3.63) is 92.5 Å². The van der Waals surface area contributed by atoms with Crippen molar-refractivity contribution in [2.75, 3.05) is 26.2 Å².